The predicted octanol–water partition coefficient (Wildman–Crippen LogP) is 1.34. The Balaban J connectivity index is 1.95. The number of pyridine rings is 1. The molecule has 0 saturated carbocycles. The Bertz CT molecular complexity index is 422. The molecule has 18 heavy (non-hydrogen) atoms. The van der Waals surface area contributed by atoms with Gasteiger partial charge in [0, 0.05) is 12.2 Å². The predicted molar refractivity (Wildman–Crippen MR) is 66.7 cm³/mol. The SMILES string of the molecule is COC(=O)c1cncc(OC[C@@H]2CCCN2C)c1. The van der Waals surface area contributed by atoms with Gasteiger partial charge in [0.25, 0.3) is 0 Å². The largest absolute Gasteiger partial charge is 0.490 e. The first kappa shape index (κ1) is 12.8. The van der Waals surface area contributed by atoms with E-state index in [1.54, 1.807) is 12.3 Å². The van der Waals surface area contributed by atoms with Crippen LogP contribution in [0.4, 0.5) is 0 Å². The maximum atomic E-state index is 11.4. The molecule has 0 aromatic carbocycles. The summed E-state index contributed by atoms with van der Waals surface area (Å²) in [6.45, 7) is 1.75. The summed E-state index contributed by atoms with van der Waals surface area (Å²) in [5, 5.41) is 0. The number of carbonyl (C=O) groups is 1. The second-order valence-electron chi connectivity index (χ2n) is 4.49. The van der Waals surface area contributed by atoms with Crippen LogP contribution in [-0.4, -0.2) is 49.2 Å². The van der Waals surface area contributed by atoms with Crippen molar-refractivity contribution in [2.24, 2.45) is 0 Å². The van der Waals surface area contributed by atoms with E-state index < -0.39 is 5.97 Å². The van der Waals surface area contributed by atoms with Crippen LogP contribution in [-0.2, 0) is 4.74 Å². The summed E-state index contributed by atoms with van der Waals surface area (Å²) in [7, 11) is 3.45. The fraction of sp³-hybridized carbons (Fsp3) is 0.538. The standard InChI is InChI=1S/C13H18N2O3/c1-15-5-3-4-11(15)9-18-12-6-10(7-14-8-12)13(16)17-2/h6-8,11H,3-5,9H2,1-2H3/t11-/m0/s1. The summed E-state index contributed by atoms with van der Waals surface area (Å²) in [4.78, 5) is 17.6. The Morgan fingerprint density at radius 3 is 3.06 bits per heavy atom. The summed E-state index contributed by atoms with van der Waals surface area (Å²) >= 11 is 0. The van der Waals surface area contributed by atoms with Gasteiger partial charge >= 0.3 is 5.97 Å². The van der Waals surface area contributed by atoms with Crippen molar-refractivity contribution < 1.29 is 14.3 Å². The fourth-order valence-electron chi connectivity index (χ4n) is 2.11. The van der Waals surface area contributed by atoms with Crippen molar-refractivity contribution in [3.63, 3.8) is 0 Å². The van der Waals surface area contributed by atoms with E-state index in [-0.39, 0.29) is 0 Å². The number of hydrogen-bond acceptors (Lipinski definition) is 5. The number of methoxy groups -OCH3 is 1. The first-order valence-electron chi connectivity index (χ1n) is 6.07. The molecule has 5 heteroatoms. The van der Waals surface area contributed by atoms with Crippen molar-refractivity contribution in [1.29, 1.82) is 0 Å². The lowest BCUT2D eigenvalue weighted by Gasteiger charge is -2.19. The molecule has 0 amide bonds. The zero-order valence-electron chi connectivity index (χ0n) is 10.8. The quantitative estimate of drug-likeness (QED) is 0.755. The summed E-state index contributed by atoms with van der Waals surface area (Å²) in [6.07, 6.45) is 5.45. The maximum absolute atomic E-state index is 11.4. The minimum Gasteiger partial charge on any atom is -0.490 e. The molecule has 5 nitrogen and oxygen atoms in total. The first-order chi connectivity index (χ1) is 8.70. The minimum atomic E-state index is -0.397. The molecular weight excluding hydrogens is 232 g/mol. The highest BCUT2D eigenvalue weighted by molar-refractivity contribution is 5.89. The lowest BCUT2D eigenvalue weighted by molar-refractivity contribution is 0.0599. The number of rotatable bonds is 4. The number of likely N-dealkylation sites (N-methyl/N-ethyl adjacent to an activating group) is 1. The van der Waals surface area contributed by atoms with Crippen LogP contribution in [0.3, 0.4) is 0 Å². The summed E-state index contributed by atoms with van der Waals surface area (Å²) < 4.78 is 10.3. The van der Waals surface area contributed by atoms with Crippen LogP contribution >= 0.6 is 0 Å². The Labute approximate surface area is 107 Å². The molecule has 1 aliphatic heterocycles. The molecule has 1 aliphatic rings. The first-order valence-corrected chi connectivity index (χ1v) is 6.07. The van der Waals surface area contributed by atoms with Gasteiger partial charge in [-0.3, -0.25) is 4.98 Å². The topological polar surface area (TPSA) is 51.7 Å². The lowest BCUT2D eigenvalue weighted by Crippen LogP contribution is -2.30. The number of carbonyl (C=O) groups excluding carboxylic acids is 1. The normalized spacial score (nSPS) is 19.8. The second-order valence-corrected chi connectivity index (χ2v) is 4.49. The highest BCUT2D eigenvalue weighted by Gasteiger charge is 2.21. The average Bonchev–Trinajstić information content (AvgIpc) is 2.81. The zero-order chi connectivity index (χ0) is 13.0. The highest BCUT2D eigenvalue weighted by atomic mass is 16.5. The van der Waals surface area contributed by atoms with Crippen molar-refractivity contribution in [3.8, 4) is 5.75 Å². The van der Waals surface area contributed by atoms with Crippen molar-refractivity contribution in [1.82, 2.24) is 9.88 Å². The van der Waals surface area contributed by atoms with Gasteiger partial charge in [-0.25, -0.2) is 4.79 Å². The van der Waals surface area contributed by atoms with E-state index in [0.717, 1.165) is 13.0 Å². The molecule has 0 aliphatic carbocycles. The van der Waals surface area contributed by atoms with Crippen molar-refractivity contribution in [2.75, 3.05) is 27.3 Å². The molecular formula is C13H18N2O3. The van der Waals surface area contributed by atoms with Crippen molar-refractivity contribution in [3.05, 3.63) is 24.0 Å². The molecule has 1 atom stereocenters. The van der Waals surface area contributed by atoms with Gasteiger partial charge in [0.2, 0.25) is 0 Å². The Morgan fingerprint density at radius 1 is 1.56 bits per heavy atom. The van der Waals surface area contributed by atoms with Gasteiger partial charge < -0.3 is 14.4 Å². The number of ether oxygens (including phenoxy) is 2. The third-order valence-electron chi connectivity index (χ3n) is 3.25. The third-order valence-corrected chi connectivity index (χ3v) is 3.25. The third kappa shape index (κ3) is 2.98. The van der Waals surface area contributed by atoms with E-state index in [2.05, 4.69) is 21.7 Å². The molecule has 2 heterocycles. The van der Waals surface area contributed by atoms with E-state index in [1.807, 2.05) is 0 Å². The van der Waals surface area contributed by atoms with Crippen LogP contribution in [0.25, 0.3) is 0 Å². The summed E-state index contributed by atoms with van der Waals surface area (Å²) in [5.41, 5.74) is 0.412. The molecule has 1 aromatic heterocycles. The molecule has 1 fully saturated rings. The number of hydrogen-bond donors (Lipinski definition) is 0. The van der Waals surface area contributed by atoms with E-state index in [9.17, 15) is 4.79 Å². The molecule has 0 unspecified atom stereocenters. The van der Waals surface area contributed by atoms with Crippen LogP contribution in [0.15, 0.2) is 18.5 Å². The number of esters is 1. The molecule has 0 bridgehead atoms. The van der Waals surface area contributed by atoms with Gasteiger partial charge in [-0.15, -0.1) is 0 Å². The number of nitrogens with zero attached hydrogens (tertiary/aromatic N) is 2. The van der Waals surface area contributed by atoms with Crippen LogP contribution < -0.4 is 4.74 Å². The molecule has 0 radical (unpaired) electrons. The van der Waals surface area contributed by atoms with E-state index in [4.69, 9.17) is 4.74 Å². The highest BCUT2D eigenvalue weighted by Crippen LogP contribution is 2.17. The maximum Gasteiger partial charge on any atom is 0.339 e. The molecule has 0 N–H and O–H groups in total. The van der Waals surface area contributed by atoms with E-state index in [1.165, 1.54) is 19.7 Å². The summed E-state index contributed by atoms with van der Waals surface area (Å²) in [6, 6.07) is 2.11. The van der Waals surface area contributed by atoms with Gasteiger partial charge in [0.15, 0.2) is 0 Å². The van der Waals surface area contributed by atoms with Crippen LogP contribution in [0.2, 0.25) is 0 Å². The Hall–Kier alpha value is -1.62. The molecule has 1 saturated heterocycles. The monoisotopic (exact) mass is 250 g/mol. The van der Waals surface area contributed by atoms with E-state index in [0.29, 0.717) is 24.0 Å². The zero-order valence-corrected chi connectivity index (χ0v) is 10.8. The number of aromatic nitrogens is 1. The van der Waals surface area contributed by atoms with Crippen LogP contribution in [0, 0.1) is 0 Å². The average molecular weight is 250 g/mol. The molecule has 98 valence electrons. The minimum absolute atomic E-state index is 0.397. The van der Waals surface area contributed by atoms with Gasteiger partial charge in [0.1, 0.15) is 12.4 Å². The Morgan fingerprint density at radius 2 is 2.39 bits per heavy atom. The summed E-state index contributed by atoms with van der Waals surface area (Å²) in [5.74, 6) is 0.212. The second kappa shape index (κ2) is 5.82. The van der Waals surface area contributed by atoms with Gasteiger partial charge in [-0.2, -0.15) is 0 Å². The smallest absolute Gasteiger partial charge is 0.339 e. The van der Waals surface area contributed by atoms with Gasteiger partial charge in [-0.1, -0.05) is 0 Å². The van der Waals surface area contributed by atoms with Crippen LogP contribution in [0.5, 0.6) is 5.75 Å². The van der Waals surface area contributed by atoms with E-state index >= 15 is 0 Å². The van der Waals surface area contributed by atoms with Crippen LogP contribution in [0.1, 0.15) is 23.2 Å². The van der Waals surface area contributed by atoms with Gasteiger partial charge in [0.05, 0.1) is 18.9 Å². The van der Waals surface area contributed by atoms with Crippen molar-refractivity contribution in [2.45, 2.75) is 18.9 Å². The van der Waals surface area contributed by atoms with Gasteiger partial charge in [-0.05, 0) is 32.5 Å². The van der Waals surface area contributed by atoms with Crippen molar-refractivity contribution >= 4 is 5.97 Å². The lowest BCUT2D eigenvalue weighted by atomic mass is 10.2. The fourth-order valence-corrected chi connectivity index (χ4v) is 2.11. The molecule has 1 aromatic rings. The Kier molecular flexibility index (Phi) is 4.15. The molecule has 0 spiro atoms. The molecule has 2 rings (SSSR count). The number of likely N-dealkylation sites (tertiary alicyclic amines) is 1.